The van der Waals surface area contributed by atoms with E-state index in [1.54, 1.807) is 13.0 Å². The summed E-state index contributed by atoms with van der Waals surface area (Å²) >= 11 is 1.53. The molecule has 0 aliphatic carbocycles. The van der Waals surface area contributed by atoms with Crippen LogP contribution in [-0.4, -0.2) is 41.5 Å². The summed E-state index contributed by atoms with van der Waals surface area (Å²) in [5.74, 6) is -0.585. The average Bonchev–Trinajstić information content (AvgIpc) is 2.81. The minimum Gasteiger partial charge on any atom is -0.465 e. The molecule has 5 nitrogen and oxygen atoms in total. The normalized spacial score (nSPS) is 10.8. The van der Waals surface area contributed by atoms with Crippen LogP contribution in [0.25, 0.3) is 6.08 Å². The van der Waals surface area contributed by atoms with Crippen molar-refractivity contribution in [3.05, 3.63) is 22.2 Å². The molecular formula is C14H20N2O3S. The molecule has 110 valence electrons. The first kappa shape index (κ1) is 16.4. The maximum Gasteiger partial charge on any atom is 0.325 e. The average molecular weight is 296 g/mol. The molecule has 1 aromatic heterocycles. The molecule has 1 rings (SSSR count). The van der Waals surface area contributed by atoms with Crippen molar-refractivity contribution in [2.45, 2.75) is 27.2 Å². The van der Waals surface area contributed by atoms with E-state index >= 15 is 0 Å². The van der Waals surface area contributed by atoms with Gasteiger partial charge in [-0.2, -0.15) is 0 Å². The summed E-state index contributed by atoms with van der Waals surface area (Å²) in [6.07, 6.45) is 3.90. The number of ether oxygens (including phenoxy) is 1. The molecule has 0 saturated carbocycles. The molecule has 0 unspecified atom stereocenters. The van der Waals surface area contributed by atoms with Gasteiger partial charge in [0, 0.05) is 18.0 Å². The predicted molar refractivity (Wildman–Crippen MR) is 79.4 cm³/mol. The van der Waals surface area contributed by atoms with Crippen LogP contribution in [-0.2, 0) is 14.3 Å². The van der Waals surface area contributed by atoms with Crippen molar-refractivity contribution in [3.8, 4) is 0 Å². The van der Waals surface area contributed by atoms with Gasteiger partial charge in [-0.05, 0) is 26.3 Å². The van der Waals surface area contributed by atoms with Crippen LogP contribution in [0, 0.1) is 6.92 Å². The van der Waals surface area contributed by atoms with Crippen LogP contribution in [0.1, 0.15) is 31.0 Å². The Balaban J connectivity index is 2.63. The van der Waals surface area contributed by atoms with E-state index in [0.717, 1.165) is 17.1 Å². The molecule has 0 radical (unpaired) electrons. The van der Waals surface area contributed by atoms with Gasteiger partial charge in [0.1, 0.15) is 6.54 Å². The lowest BCUT2D eigenvalue weighted by atomic mass is 10.3. The standard InChI is InChI=1S/C14H20N2O3S/c1-4-8-16(9-14(18)19-5-2)13(17)7-6-12-10-20-11(3)15-12/h6-7,10H,4-5,8-9H2,1-3H3/b7-6+. The second kappa shape index (κ2) is 8.47. The van der Waals surface area contributed by atoms with Gasteiger partial charge in [0.05, 0.1) is 17.3 Å². The highest BCUT2D eigenvalue weighted by atomic mass is 32.1. The highest BCUT2D eigenvalue weighted by Gasteiger charge is 2.14. The summed E-state index contributed by atoms with van der Waals surface area (Å²) < 4.78 is 4.87. The Labute approximate surface area is 123 Å². The van der Waals surface area contributed by atoms with E-state index < -0.39 is 0 Å². The van der Waals surface area contributed by atoms with E-state index in [0.29, 0.717) is 13.2 Å². The Morgan fingerprint density at radius 1 is 1.45 bits per heavy atom. The van der Waals surface area contributed by atoms with Crippen molar-refractivity contribution < 1.29 is 14.3 Å². The fourth-order valence-corrected chi connectivity index (χ4v) is 2.20. The van der Waals surface area contributed by atoms with E-state index in [4.69, 9.17) is 4.74 Å². The number of hydrogen-bond donors (Lipinski definition) is 0. The molecule has 0 aliphatic rings. The fourth-order valence-electron chi connectivity index (χ4n) is 1.62. The van der Waals surface area contributed by atoms with E-state index in [-0.39, 0.29) is 18.4 Å². The van der Waals surface area contributed by atoms with Crippen LogP contribution in [0.5, 0.6) is 0 Å². The molecular weight excluding hydrogens is 276 g/mol. The minimum atomic E-state index is -0.382. The molecule has 1 amide bonds. The number of hydrogen-bond acceptors (Lipinski definition) is 5. The van der Waals surface area contributed by atoms with Crippen molar-refractivity contribution in [2.75, 3.05) is 19.7 Å². The van der Waals surface area contributed by atoms with Gasteiger partial charge in [-0.15, -0.1) is 11.3 Å². The van der Waals surface area contributed by atoms with Gasteiger partial charge in [-0.25, -0.2) is 4.98 Å². The zero-order valence-electron chi connectivity index (χ0n) is 12.1. The number of thiazole rings is 1. The lowest BCUT2D eigenvalue weighted by molar-refractivity contribution is -0.147. The molecule has 0 aromatic carbocycles. The largest absolute Gasteiger partial charge is 0.465 e. The number of nitrogens with zero attached hydrogens (tertiary/aromatic N) is 2. The summed E-state index contributed by atoms with van der Waals surface area (Å²) in [5, 5.41) is 2.84. The Morgan fingerprint density at radius 2 is 2.20 bits per heavy atom. The molecule has 0 aliphatic heterocycles. The van der Waals surface area contributed by atoms with Crippen LogP contribution >= 0.6 is 11.3 Å². The highest BCUT2D eigenvalue weighted by Crippen LogP contribution is 2.09. The molecule has 0 fully saturated rings. The zero-order valence-corrected chi connectivity index (χ0v) is 12.9. The number of aromatic nitrogens is 1. The number of esters is 1. The van der Waals surface area contributed by atoms with Crippen LogP contribution in [0.3, 0.4) is 0 Å². The fraction of sp³-hybridized carbons (Fsp3) is 0.500. The van der Waals surface area contributed by atoms with Crippen LogP contribution < -0.4 is 0 Å². The van der Waals surface area contributed by atoms with Gasteiger partial charge in [0.25, 0.3) is 0 Å². The van der Waals surface area contributed by atoms with Gasteiger partial charge in [0.15, 0.2) is 0 Å². The summed E-state index contributed by atoms with van der Waals surface area (Å²) in [7, 11) is 0. The maximum atomic E-state index is 12.1. The number of carbonyl (C=O) groups is 2. The summed E-state index contributed by atoms with van der Waals surface area (Å²) in [5.41, 5.74) is 0.758. The first-order chi connectivity index (χ1) is 9.56. The van der Waals surface area contributed by atoms with Gasteiger partial charge in [-0.3, -0.25) is 9.59 Å². The molecule has 0 saturated heterocycles. The summed E-state index contributed by atoms with van der Waals surface area (Å²) in [6.45, 7) is 6.45. The van der Waals surface area contributed by atoms with E-state index in [2.05, 4.69) is 4.98 Å². The van der Waals surface area contributed by atoms with Crippen molar-refractivity contribution in [3.63, 3.8) is 0 Å². The Kier molecular flexibility index (Phi) is 6.93. The van der Waals surface area contributed by atoms with Gasteiger partial charge in [-0.1, -0.05) is 6.92 Å². The van der Waals surface area contributed by atoms with E-state index in [9.17, 15) is 9.59 Å². The molecule has 6 heteroatoms. The Morgan fingerprint density at radius 3 is 2.75 bits per heavy atom. The molecule has 0 N–H and O–H groups in total. The zero-order chi connectivity index (χ0) is 15.0. The number of aryl methyl sites for hydroxylation is 1. The first-order valence-electron chi connectivity index (χ1n) is 6.61. The van der Waals surface area contributed by atoms with E-state index in [1.165, 1.54) is 22.3 Å². The Hall–Kier alpha value is -1.69. The molecule has 1 heterocycles. The lowest BCUT2D eigenvalue weighted by Gasteiger charge is -2.19. The van der Waals surface area contributed by atoms with E-state index in [1.807, 2.05) is 19.2 Å². The third kappa shape index (κ3) is 5.52. The van der Waals surface area contributed by atoms with Crippen molar-refractivity contribution in [2.24, 2.45) is 0 Å². The Bertz CT molecular complexity index is 483. The third-order valence-electron chi connectivity index (χ3n) is 2.46. The number of amides is 1. The summed E-state index contributed by atoms with van der Waals surface area (Å²) in [4.78, 5) is 29.2. The molecule has 20 heavy (non-hydrogen) atoms. The van der Waals surface area contributed by atoms with Gasteiger partial charge >= 0.3 is 5.97 Å². The third-order valence-corrected chi connectivity index (χ3v) is 3.26. The molecule has 0 bridgehead atoms. The number of carbonyl (C=O) groups excluding carboxylic acids is 2. The van der Waals surface area contributed by atoms with Gasteiger partial charge in [0.2, 0.25) is 5.91 Å². The first-order valence-corrected chi connectivity index (χ1v) is 7.49. The molecule has 0 atom stereocenters. The monoisotopic (exact) mass is 296 g/mol. The van der Waals surface area contributed by atoms with Crippen LogP contribution in [0.2, 0.25) is 0 Å². The van der Waals surface area contributed by atoms with Crippen LogP contribution in [0.4, 0.5) is 0 Å². The van der Waals surface area contributed by atoms with Crippen molar-refractivity contribution >= 4 is 29.3 Å². The maximum absolute atomic E-state index is 12.1. The highest BCUT2D eigenvalue weighted by molar-refractivity contribution is 7.09. The SMILES string of the molecule is CCCN(CC(=O)OCC)C(=O)/C=C/c1csc(C)n1. The lowest BCUT2D eigenvalue weighted by Crippen LogP contribution is -2.36. The minimum absolute atomic E-state index is 0.0129. The smallest absolute Gasteiger partial charge is 0.325 e. The van der Waals surface area contributed by atoms with Crippen molar-refractivity contribution in [1.29, 1.82) is 0 Å². The summed E-state index contributed by atoms with van der Waals surface area (Å²) in [6, 6.07) is 0. The molecule has 1 aromatic rings. The second-order valence-electron chi connectivity index (χ2n) is 4.19. The van der Waals surface area contributed by atoms with Crippen molar-refractivity contribution in [1.82, 2.24) is 9.88 Å². The molecule has 0 spiro atoms. The quantitative estimate of drug-likeness (QED) is 0.572. The topological polar surface area (TPSA) is 59.5 Å². The van der Waals surface area contributed by atoms with Gasteiger partial charge < -0.3 is 9.64 Å². The predicted octanol–water partition coefficient (Wildman–Crippen LogP) is 2.27. The second-order valence-corrected chi connectivity index (χ2v) is 5.25. The number of rotatable bonds is 7. The van der Waals surface area contributed by atoms with Crippen LogP contribution in [0.15, 0.2) is 11.5 Å².